The third kappa shape index (κ3) is 2.15. The number of rotatable bonds is 1. The molecule has 3 heterocycles. The smallest absolute Gasteiger partial charge is 0.330 e. The van der Waals surface area contributed by atoms with Gasteiger partial charge in [-0.3, -0.25) is 4.90 Å². The Morgan fingerprint density at radius 1 is 1.50 bits per heavy atom. The van der Waals surface area contributed by atoms with Crippen molar-refractivity contribution < 1.29 is 9.53 Å². The normalized spacial score (nSPS) is 34.2. The highest BCUT2D eigenvalue weighted by Gasteiger charge is 2.25. The summed E-state index contributed by atoms with van der Waals surface area (Å²) >= 11 is 0. The molecule has 3 aliphatic rings. The average molecular weight is 195 g/mol. The van der Waals surface area contributed by atoms with E-state index in [2.05, 4.69) is 9.64 Å². The maximum Gasteiger partial charge on any atom is 0.330 e. The second-order valence-electron chi connectivity index (χ2n) is 4.25. The van der Waals surface area contributed by atoms with Crippen LogP contribution in [0, 0.1) is 5.92 Å². The predicted molar refractivity (Wildman–Crippen MR) is 53.9 cm³/mol. The first-order chi connectivity index (χ1) is 6.78. The molecule has 2 bridgehead atoms. The zero-order valence-electron chi connectivity index (χ0n) is 8.66. The summed E-state index contributed by atoms with van der Waals surface area (Å²) in [5.41, 5.74) is 1.25. The van der Waals surface area contributed by atoms with Gasteiger partial charge in [0.1, 0.15) is 0 Å². The van der Waals surface area contributed by atoms with Gasteiger partial charge in [-0.25, -0.2) is 4.79 Å². The minimum Gasteiger partial charge on any atom is -0.466 e. The molecule has 0 spiro atoms. The van der Waals surface area contributed by atoms with Crippen molar-refractivity contribution in [1.82, 2.24) is 4.90 Å². The molecule has 0 aliphatic carbocycles. The number of nitrogens with zero attached hydrogens (tertiary/aromatic N) is 1. The topological polar surface area (TPSA) is 29.5 Å². The number of carbonyl (C=O) groups excluding carboxylic acids is 1. The van der Waals surface area contributed by atoms with Gasteiger partial charge in [-0.05, 0) is 43.8 Å². The van der Waals surface area contributed by atoms with Crippen molar-refractivity contribution in [3.05, 3.63) is 11.6 Å². The number of piperidine rings is 1. The summed E-state index contributed by atoms with van der Waals surface area (Å²) in [4.78, 5) is 13.5. The number of hydrogen-bond donors (Lipinski definition) is 0. The van der Waals surface area contributed by atoms with E-state index in [1.165, 1.54) is 38.6 Å². The second-order valence-corrected chi connectivity index (χ2v) is 4.25. The molecule has 3 fully saturated rings. The maximum atomic E-state index is 11.1. The molecule has 78 valence electrons. The summed E-state index contributed by atoms with van der Waals surface area (Å²) in [6, 6.07) is 0. The molecule has 3 rings (SSSR count). The Kier molecular flexibility index (Phi) is 2.87. The van der Waals surface area contributed by atoms with Crippen molar-refractivity contribution in [3.8, 4) is 0 Å². The highest BCUT2D eigenvalue weighted by Crippen LogP contribution is 2.29. The van der Waals surface area contributed by atoms with Gasteiger partial charge in [0.15, 0.2) is 0 Å². The van der Waals surface area contributed by atoms with Crippen LogP contribution >= 0.6 is 0 Å². The lowest BCUT2D eigenvalue weighted by atomic mass is 9.94. The Morgan fingerprint density at radius 3 is 2.86 bits per heavy atom. The molecule has 0 radical (unpaired) electrons. The standard InChI is InChI=1S/C11H17NO2/c1-14-11(13)7-10-6-9-2-4-12(8-10)5-3-9/h7,9H,2-6,8H2,1H3/b10-7+. The van der Waals surface area contributed by atoms with Crippen molar-refractivity contribution in [3.63, 3.8) is 0 Å². The van der Waals surface area contributed by atoms with E-state index in [0.717, 1.165) is 18.9 Å². The lowest BCUT2D eigenvalue weighted by Gasteiger charge is -2.25. The van der Waals surface area contributed by atoms with Crippen LogP contribution in [0.5, 0.6) is 0 Å². The number of carbonyl (C=O) groups is 1. The Morgan fingerprint density at radius 2 is 2.21 bits per heavy atom. The lowest BCUT2D eigenvalue weighted by molar-refractivity contribution is -0.134. The predicted octanol–water partition coefficient (Wildman–Crippen LogP) is 1.20. The third-order valence-electron chi connectivity index (χ3n) is 3.21. The van der Waals surface area contributed by atoms with E-state index in [1.54, 1.807) is 6.08 Å². The molecule has 3 nitrogen and oxygen atoms in total. The zero-order valence-corrected chi connectivity index (χ0v) is 8.66. The first-order valence-electron chi connectivity index (χ1n) is 5.27. The van der Waals surface area contributed by atoms with Crippen molar-refractivity contribution in [2.75, 3.05) is 26.7 Å². The van der Waals surface area contributed by atoms with Gasteiger partial charge in [0.2, 0.25) is 0 Å². The summed E-state index contributed by atoms with van der Waals surface area (Å²) in [7, 11) is 1.44. The van der Waals surface area contributed by atoms with Crippen LogP contribution in [0.15, 0.2) is 11.6 Å². The molecule has 3 saturated heterocycles. The van der Waals surface area contributed by atoms with Crippen molar-refractivity contribution in [1.29, 1.82) is 0 Å². The lowest BCUT2D eigenvalue weighted by Crippen LogP contribution is -2.30. The highest BCUT2D eigenvalue weighted by atomic mass is 16.5. The number of esters is 1. The zero-order chi connectivity index (χ0) is 9.97. The van der Waals surface area contributed by atoms with Gasteiger partial charge in [-0.15, -0.1) is 0 Å². The van der Waals surface area contributed by atoms with Crippen LogP contribution in [0.3, 0.4) is 0 Å². The average Bonchev–Trinajstić information content (AvgIpc) is 2.49. The van der Waals surface area contributed by atoms with E-state index in [0.29, 0.717) is 0 Å². The molecule has 0 aromatic carbocycles. The molecule has 14 heavy (non-hydrogen) atoms. The van der Waals surface area contributed by atoms with Gasteiger partial charge in [0.25, 0.3) is 0 Å². The van der Waals surface area contributed by atoms with Gasteiger partial charge in [0.05, 0.1) is 7.11 Å². The molecule has 0 amide bonds. The maximum absolute atomic E-state index is 11.1. The summed E-state index contributed by atoms with van der Waals surface area (Å²) < 4.78 is 4.65. The monoisotopic (exact) mass is 195 g/mol. The SMILES string of the molecule is COC(=O)/C=C1\CC2CCN(CC2)C1. The van der Waals surface area contributed by atoms with Crippen LogP contribution in [0.2, 0.25) is 0 Å². The van der Waals surface area contributed by atoms with Gasteiger partial charge < -0.3 is 4.74 Å². The van der Waals surface area contributed by atoms with Crippen LogP contribution < -0.4 is 0 Å². The molecule has 0 aromatic rings. The molecule has 0 N–H and O–H groups in total. The van der Waals surface area contributed by atoms with Crippen molar-refractivity contribution in [2.45, 2.75) is 19.3 Å². The Hall–Kier alpha value is -0.830. The van der Waals surface area contributed by atoms with Gasteiger partial charge >= 0.3 is 5.97 Å². The van der Waals surface area contributed by atoms with E-state index in [-0.39, 0.29) is 5.97 Å². The van der Waals surface area contributed by atoms with Crippen molar-refractivity contribution >= 4 is 5.97 Å². The fourth-order valence-electron chi connectivity index (χ4n) is 2.40. The van der Waals surface area contributed by atoms with E-state index in [1.807, 2.05) is 0 Å². The number of ether oxygens (including phenoxy) is 1. The second kappa shape index (κ2) is 4.13. The van der Waals surface area contributed by atoms with Gasteiger partial charge in [0, 0.05) is 12.6 Å². The van der Waals surface area contributed by atoms with Crippen molar-refractivity contribution in [2.24, 2.45) is 5.92 Å². The number of fused-ring (bicyclic) bond motifs is 4. The minimum atomic E-state index is -0.206. The summed E-state index contributed by atoms with van der Waals surface area (Å²) in [5.74, 6) is 0.590. The molecule has 3 aliphatic heterocycles. The minimum absolute atomic E-state index is 0.206. The largest absolute Gasteiger partial charge is 0.466 e. The first-order valence-corrected chi connectivity index (χ1v) is 5.27. The van der Waals surface area contributed by atoms with E-state index < -0.39 is 0 Å². The van der Waals surface area contributed by atoms with Crippen LogP contribution in [0.1, 0.15) is 19.3 Å². The fraction of sp³-hybridized carbons (Fsp3) is 0.727. The van der Waals surface area contributed by atoms with Crippen LogP contribution in [-0.4, -0.2) is 37.6 Å². The summed E-state index contributed by atoms with van der Waals surface area (Å²) in [6.07, 6.45) is 5.35. The van der Waals surface area contributed by atoms with E-state index in [4.69, 9.17) is 0 Å². The van der Waals surface area contributed by atoms with Crippen LogP contribution in [0.4, 0.5) is 0 Å². The third-order valence-corrected chi connectivity index (χ3v) is 3.21. The first kappa shape index (κ1) is 9.71. The molecule has 0 saturated carbocycles. The van der Waals surface area contributed by atoms with Gasteiger partial charge in [-0.1, -0.05) is 0 Å². The Balaban J connectivity index is 2.07. The number of hydrogen-bond acceptors (Lipinski definition) is 3. The molecule has 0 aromatic heterocycles. The quantitative estimate of drug-likeness (QED) is 0.465. The van der Waals surface area contributed by atoms with Gasteiger partial charge in [-0.2, -0.15) is 0 Å². The summed E-state index contributed by atoms with van der Waals surface area (Å²) in [6.45, 7) is 3.36. The molecular formula is C11H17NO2. The van der Waals surface area contributed by atoms with Crippen LogP contribution in [-0.2, 0) is 9.53 Å². The van der Waals surface area contributed by atoms with E-state index in [9.17, 15) is 4.79 Å². The highest BCUT2D eigenvalue weighted by molar-refractivity contribution is 5.82. The molecule has 0 atom stereocenters. The van der Waals surface area contributed by atoms with Crippen LogP contribution in [0.25, 0.3) is 0 Å². The fourth-order valence-corrected chi connectivity index (χ4v) is 2.40. The van der Waals surface area contributed by atoms with E-state index >= 15 is 0 Å². The molecule has 0 unspecified atom stereocenters. The Bertz CT molecular complexity index is 236. The Labute approximate surface area is 84.7 Å². The number of methoxy groups -OCH3 is 1. The molecular weight excluding hydrogens is 178 g/mol. The molecule has 3 heteroatoms. The summed E-state index contributed by atoms with van der Waals surface area (Å²) in [5, 5.41) is 0.